The molecule has 0 spiro atoms. The fourth-order valence-corrected chi connectivity index (χ4v) is 15.3. The molecule has 800 valence electrons. The largest absolute Gasteiger partial charge is 0.358 e. The van der Waals surface area contributed by atoms with Gasteiger partial charge in [-0.1, -0.05) is 552 Å². The molecule has 16 radical (unpaired) electrons. The van der Waals surface area contributed by atoms with Gasteiger partial charge < -0.3 is 44.6 Å². The molecule has 0 aromatic heterocycles. The van der Waals surface area contributed by atoms with E-state index in [1.165, 1.54) is 194 Å². The molecule has 0 bridgehead atoms. The van der Waals surface area contributed by atoms with Crippen LogP contribution in [0.5, 0.6) is 0 Å². The monoisotopic (exact) mass is 3230 g/mol. The Morgan fingerprint density at radius 3 is 0.331 bits per heavy atom. The molecule has 0 saturated carbocycles. The first-order valence-corrected chi connectivity index (χ1v) is 45.4. The van der Waals surface area contributed by atoms with Crippen LogP contribution < -0.4 is 0 Å². The third-order valence-electron chi connectivity index (χ3n) is 19.0. The van der Waals surface area contributed by atoms with Crippen molar-refractivity contribution in [1.82, 2.24) is 0 Å². The van der Waals surface area contributed by atoms with Gasteiger partial charge in [-0.3, -0.25) is 0 Å². The normalized spacial score (nSPS) is 8.41. The van der Waals surface area contributed by atoms with E-state index in [1.807, 2.05) is 111 Å². The summed E-state index contributed by atoms with van der Waals surface area (Å²) in [7, 11) is 0. The topological polar surface area (TPSA) is 0 Å². The molecule has 148 heavy (non-hydrogen) atoms. The Morgan fingerprint density at radius 2 is 0.216 bits per heavy atom. The molecule has 0 N–H and O–H groups in total. The Balaban J connectivity index is -0.0000000343. The summed E-state index contributed by atoms with van der Waals surface area (Å²) in [6, 6.07) is 89.6. The maximum absolute atomic E-state index is 2.44. The average molecular weight is 3230 g/mol. The van der Waals surface area contributed by atoms with E-state index in [1.54, 1.807) is 22.3 Å². The molecule has 0 saturated heterocycles. The van der Waals surface area contributed by atoms with Crippen molar-refractivity contribution in [2.24, 2.45) is 0 Å². The number of hydrogen-bond acceptors (Lipinski definition) is 0. The van der Waals surface area contributed by atoms with Gasteiger partial charge in [0.15, 0.2) is 0 Å². The molecule has 0 unspecified atom stereocenters. The second-order valence-corrected chi connectivity index (χ2v) is 27.5. The fourth-order valence-electron chi connectivity index (χ4n) is 15.3. The minimum Gasteiger partial charge on any atom is -0.358 e. The summed E-state index contributed by atoms with van der Waals surface area (Å²) in [6.07, 6.45) is 16.3. The van der Waals surface area contributed by atoms with Crippen molar-refractivity contribution in [1.29, 1.82) is 0 Å². The molecule has 16 heteroatoms. The van der Waals surface area contributed by atoms with Gasteiger partial charge in [0.1, 0.15) is 0 Å². The van der Waals surface area contributed by atoms with Crippen LogP contribution in [0.1, 0.15) is 411 Å². The number of rotatable bonds is 0. The van der Waals surface area contributed by atoms with Gasteiger partial charge in [0, 0.05) is 523 Å². The third-order valence-corrected chi connectivity index (χ3v) is 19.0. The molecular formula is C132H218Y16-6. The smallest absolute Gasteiger partial charge is 0 e. The third kappa shape index (κ3) is 70.8. The second kappa shape index (κ2) is 148. The minimum atomic E-state index is 0. The first-order valence-electron chi connectivity index (χ1n) is 45.4. The van der Waals surface area contributed by atoms with Crippen molar-refractivity contribution in [2.75, 3.05) is 0 Å². The zero-order chi connectivity index (χ0) is 84.7. The van der Waals surface area contributed by atoms with Crippen LogP contribution in [0.25, 0.3) is 89.0 Å². The molecular weight excluding hydrogens is 3010 g/mol. The quantitative estimate of drug-likeness (QED) is 0.133. The van der Waals surface area contributed by atoms with Gasteiger partial charge in [0.25, 0.3) is 0 Å². The van der Waals surface area contributed by atoms with Crippen molar-refractivity contribution in [2.45, 2.75) is 373 Å². The van der Waals surface area contributed by atoms with E-state index >= 15 is 0 Å². The summed E-state index contributed by atoms with van der Waals surface area (Å²) in [5, 5.41) is 0. The van der Waals surface area contributed by atoms with Gasteiger partial charge >= 0.3 is 0 Å². The van der Waals surface area contributed by atoms with Gasteiger partial charge in [-0.05, 0) is 242 Å². The van der Waals surface area contributed by atoms with E-state index in [0.717, 1.165) is 51.4 Å². The van der Waals surface area contributed by atoms with Gasteiger partial charge in [0.05, 0.1) is 0 Å². The number of benzene rings is 12. The number of fused-ring (bicyclic) bond motifs is 26. The number of hydrogen-bond donors (Lipinski definition) is 0. The molecule has 12 aromatic rings. The van der Waals surface area contributed by atoms with E-state index in [0.29, 0.717) is 0 Å². The zero-order valence-electron chi connectivity index (χ0n) is 92.2. The van der Waals surface area contributed by atoms with Crippen LogP contribution in [0.3, 0.4) is 0 Å². The maximum atomic E-state index is 2.44. The summed E-state index contributed by atoms with van der Waals surface area (Å²) in [4.78, 5) is 0. The Labute approximate surface area is 1330 Å². The van der Waals surface area contributed by atoms with Crippen molar-refractivity contribution in [3.05, 3.63) is 376 Å². The summed E-state index contributed by atoms with van der Waals surface area (Å²) < 4.78 is 0. The van der Waals surface area contributed by atoms with Crippen LogP contribution >= 0.6 is 0 Å². The predicted molar refractivity (Wildman–Crippen MR) is 638 cm³/mol. The first-order chi connectivity index (χ1) is 56.1. The minimum absolute atomic E-state index is 0. The Kier molecular flexibility index (Phi) is 243. The van der Waals surface area contributed by atoms with Crippen LogP contribution in [-0.4, -0.2) is 0 Å². The molecule has 0 aliphatic heterocycles. The summed E-state index contributed by atoms with van der Waals surface area (Å²) in [5.41, 5.74) is 47.0. The zero-order valence-corrected chi connectivity index (χ0v) is 138. The van der Waals surface area contributed by atoms with Crippen molar-refractivity contribution < 1.29 is 523 Å². The molecule has 12 aromatic carbocycles. The van der Waals surface area contributed by atoms with E-state index in [-0.39, 0.29) is 657 Å². The molecule has 0 atom stereocenters. The van der Waals surface area contributed by atoms with Gasteiger partial charge in [-0.25, -0.2) is 0 Å². The van der Waals surface area contributed by atoms with Gasteiger partial charge in [-0.15, -0.1) is 0 Å². The summed E-state index contributed by atoms with van der Waals surface area (Å²) in [6.45, 7) is 57.5. The van der Waals surface area contributed by atoms with Crippen molar-refractivity contribution >= 4 is 0 Å². The van der Waals surface area contributed by atoms with Crippen LogP contribution in [0, 0.1) is 44.6 Å². The standard InChI is InChI=1S/4C20H14.6C3H8.8C2H6.12CH4.6CH3.16Y/c2*1-3-7-17-13(5-1)9-15-11-16-10-14-6-2-4-8-18(14)20(16)12-19(15)17;2*1-3-7-15-13(5-1)11-19-17(15)9-10-18-16-8-4-2-6-14(16)12-20(18)19;6*1-3-2;8*1-2;;;;;;;;;;;;;;;;;;;;;;;;;;;;;;;;;;/h2*1-8,11-12H,9-10H2;2*1-10H,11-12H2;6*3H2,1-2H3;8*1-2H3;12*1H4;6*1H3;;;;;;;;;;;;;;;;/q;;;;;;;;;;;;;;;;;;;;;;;;;;;;;;6*-1;;;;;;;;;;;;;;;;. The molecule has 8 aliphatic rings. The van der Waals surface area contributed by atoms with Gasteiger partial charge in [0.2, 0.25) is 0 Å². The van der Waals surface area contributed by atoms with E-state index in [2.05, 4.69) is 326 Å². The van der Waals surface area contributed by atoms with Crippen LogP contribution in [0.15, 0.2) is 243 Å². The molecule has 0 fully saturated rings. The van der Waals surface area contributed by atoms with Crippen LogP contribution in [-0.2, 0) is 575 Å². The Hall–Kier alpha value is 8.30. The SMILES string of the molecule is C.C.C.C.C.C.C.C.C.C.C.C.CC.CC.CC.CC.CC.CC.CC.CC.CCC.CCC.CCC.CCC.CCC.CCC.[CH3-].[CH3-].[CH3-].[CH3-].[CH3-].[CH3-].[Y].[Y].[Y].[Y].[Y].[Y].[Y].[Y].[Y].[Y].[Y].[Y].[Y].[Y].[Y].[Y].c1ccc2c(c1)Cc1c-2ccc2c1Cc1ccccc1-2.c1ccc2c(c1)Cc1c-2ccc2c1Cc1ccccc1-2.c1ccc2c(c1)Cc1cc3c(cc1-2)-c1ccccc1C3.c1ccc2c(c1)Cc1cc3c(cc1-2)-c1ccccc1C3. The average Bonchev–Trinajstić information content (AvgIpc) is 1.59. The molecule has 20 rings (SSSR count). The van der Waals surface area contributed by atoms with Crippen LogP contribution in [0.4, 0.5) is 0 Å². The van der Waals surface area contributed by atoms with Gasteiger partial charge in [-0.2, -0.15) is 0 Å². The molecule has 8 aliphatic carbocycles. The van der Waals surface area contributed by atoms with E-state index < -0.39 is 0 Å². The molecule has 0 nitrogen and oxygen atoms in total. The Morgan fingerprint density at radius 1 is 0.122 bits per heavy atom. The van der Waals surface area contributed by atoms with Crippen molar-refractivity contribution in [3.63, 3.8) is 0 Å². The van der Waals surface area contributed by atoms with E-state index in [9.17, 15) is 0 Å². The van der Waals surface area contributed by atoms with Crippen LogP contribution in [0.2, 0.25) is 0 Å². The van der Waals surface area contributed by atoms with E-state index in [4.69, 9.17) is 0 Å². The predicted octanol–water partition coefficient (Wildman–Crippen LogP) is 46.3. The summed E-state index contributed by atoms with van der Waals surface area (Å²) in [5.74, 6) is 0. The maximum Gasteiger partial charge on any atom is 0 e. The molecule has 0 amide bonds. The molecule has 0 heterocycles. The Bertz CT molecular complexity index is 4190. The summed E-state index contributed by atoms with van der Waals surface area (Å²) >= 11 is 0. The second-order valence-electron chi connectivity index (χ2n) is 27.5. The first kappa shape index (κ1) is 244. The fraction of sp³-hybridized carbons (Fsp3) is 0.409. The van der Waals surface area contributed by atoms with Crippen molar-refractivity contribution in [3.8, 4) is 89.0 Å².